The molecular weight excluding hydrogens is 254 g/mol. The van der Waals surface area contributed by atoms with Crippen LogP contribution in [0.2, 0.25) is 0 Å². The molecular formula is C14H27N5O. The van der Waals surface area contributed by atoms with Gasteiger partial charge in [-0.1, -0.05) is 13.8 Å². The van der Waals surface area contributed by atoms with Gasteiger partial charge in [-0.15, -0.1) is 0 Å². The van der Waals surface area contributed by atoms with Crippen molar-refractivity contribution in [2.45, 2.75) is 47.3 Å². The molecule has 0 radical (unpaired) electrons. The van der Waals surface area contributed by atoms with Crippen molar-refractivity contribution >= 4 is 11.6 Å². The summed E-state index contributed by atoms with van der Waals surface area (Å²) in [4.78, 5) is 11.2. The van der Waals surface area contributed by atoms with Crippen LogP contribution in [-0.4, -0.2) is 29.2 Å². The smallest absolute Gasteiger partial charge is 0.158 e. The first-order valence-electron chi connectivity index (χ1n) is 7.16. The number of hydrogen-bond acceptors (Lipinski definition) is 6. The van der Waals surface area contributed by atoms with E-state index in [1.54, 1.807) is 0 Å². The number of nitrogens with zero attached hydrogens (tertiary/aromatic N) is 3. The highest BCUT2D eigenvalue weighted by Gasteiger charge is 2.16. The summed E-state index contributed by atoms with van der Waals surface area (Å²) in [5.41, 5.74) is 2.60. The maximum absolute atomic E-state index is 5.49. The summed E-state index contributed by atoms with van der Waals surface area (Å²) in [7, 11) is 0. The first-order chi connectivity index (χ1) is 9.47. The maximum Gasteiger partial charge on any atom is 0.158 e. The average molecular weight is 281 g/mol. The number of hydrogen-bond donors (Lipinski definition) is 2. The third kappa shape index (κ3) is 4.94. The second kappa shape index (κ2) is 8.01. The van der Waals surface area contributed by atoms with Gasteiger partial charge in [0.2, 0.25) is 0 Å². The lowest BCUT2D eigenvalue weighted by atomic mass is 10.2. The number of nitrogen functional groups attached to an aromatic ring is 1. The molecule has 1 aromatic rings. The van der Waals surface area contributed by atoms with Crippen LogP contribution in [0, 0.1) is 5.92 Å². The Hall–Kier alpha value is -1.40. The molecule has 6 heteroatoms. The van der Waals surface area contributed by atoms with Crippen LogP contribution in [0.1, 0.15) is 40.4 Å². The van der Waals surface area contributed by atoms with Crippen molar-refractivity contribution in [3.63, 3.8) is 0 Å². The van der Waals surface area contributed by atoms with Gasteiger partial charge in [-0.3, -0.25) is 0 Å². The maximum atomic E-state index is 5.49. The van der Waals surface area contributed by atoms with E-state index >= 15 is 0 Å². The average Bonchev–Trinajstić information content (AvgIpc) is 2.41. The van der Waals surface area contributed by atoms with E-state index in [2.05, 4.69) is 48.0 Å². The van der Waals surface area contributed by atoms with Crippen LogP contribution < -0.4 is 16.2 Å². The van der Waals surface area contributed by atoms with Crippen molar-refractivity contribution in [2.75, 3.05) is 23.5 Å². The van der Waals surface area contributed by atoms with Gasteiger partial charge < -0.3 is 15.1 Å². The van der Waals surface area contributed by atoms with Crippen LogP contribution in [0.5, 0.6) is 0 Å². The summed E-state index contributed by atoms with van der Waals surface area (Å²) in [5.74, 6) is 8.18. The van der Waals surface area contributed by atoms with Gasteiger partial charge in [0.15, 0.2) is 5.82 Å². The van der Waals surface area contributed by atoms with Crippen LogP contribution in [0.3, 0.4) is 0 Å². The molecule has 6 nitrogen and oxygen atoms in total. The fourth-order valence-electron chi connectivity index (χ4n) is 1.92. The van der Waals surface area contributed by atoms with E-state index in [1.807, 2.05) is 13.0 Å². The second-order valence-corrected chi connectivity index (χ2v) is 5.45. The molecule has 0 unspecified atom stereocenters. The zero-order valence-electron chi connectivity index (χ0n) is 13.2. The summed E-state index contributed by atoms with van der Waals surface area (Å²) in [6.07, 6.45) is 0. The van der Waals surface area contributed by atoms with Gasteiger partial charge in [0.25, 0.3) is 0 Å². The first-order valence-corrected chi connectivity index (χ1v) is 7.16. The number of aromatic nitrogens is 2. The highest BCUT2D eigenvalue weighted by molar-refractivity contribution is 5.49. The minimum atomic E-state index is 0.359. The Morgan fingerprint density at radius 1 is 1.30 bits per heavy atom. The number of ether oxygens (including phenoxy) is 1. The lowest BCUT2D eigenvalue weighted by molar-refractivity contribution is 0.128. The van der Waals surface area contributed by atoms with Gasteiger partial charge in [-0.25, -0.2) is 15.8 Å². The van der Waals surface area contributed by atoms with Crippen molar-refractivity contribution in [2.24, 2.45) is 11.8 Å². The molecule has 0 aliphatic carbocycles. The van der Waals surface area contributed by atoms with Crippen molar-refractivity contribution < 1.29 is 4.74 Å². The molecule has 0 aliphatic heterocycles. The minimum absolute atomic E-state index is 0.359. The normalized spacial score (nSPS) is 11.2. The number of nitrogens with two attached hydrogens (primary N) is 1. The van der Waals surface area contributed by atoms with Crippen LogP contribution in [0.25, 0.3) is 0 Å². The molecule has 0 saturated carbocycles. The van der Waals surface area contributed by atoms with Crippen molar-refractivity contribution in [3.05, 3.63) is 11.9 Å². The van der Waals surface area contributed by atoms with Crippen LogP contribution in [0.4, 0.5) is 11.6 Å². The van der Waals surface area contributed by atoms with E-state index in [1.165, 1.54) is 0 Å². The molecule has 0 aromatic carbocycles. The number of nitrogens with one attached hydrogen (secondary N) is 1. The Labute approximate surface area is 121 Å². The molecule has 0 fully saturated rings. The van der Waals surface area contributed by atoms with E-state index < -0.39 is 0 Å². The predicted octanol–water partition coefficient (Wildman–Crippen LogP) is 2.17. The molecule has 0 atom stereocenters. The van der Waals surface area contributed by atoms with E-state index in [-0.39, 0.29) is 0 Å². The quantitative estimate of drug-likeness (QED) is 0.562. The van der Waals surface area contributed by atoms with Crippen molar-refractivity contribution in [1.82, 2.24) is 9.97 Å². The summed E-state index contributed by atoms with van der Waals surface area (Å²) in [6, 6.07) is 2.23. The van der Waals surface area contributed by atoms with E-state index in [4.69, 9.17) is 10.6 Å². The Bertz CT molecular complexity index is 409. The molecule has 0 bridgehead atoms. The Balaban J connectivity index is 3.05. The van der Waals surface area contributed by atoms with Gasteiger partial charge in [0.1, 0.15) is 18.2 Å². The van der Waals surface area contributed by atoms with E-state index in [0.29, 0.717) is 36.8 Å². The molecule has 20 heavy (non-hydrogen) atoms. The highest BCUT2D eigenvalue weighted by Crippen LogP contribution is 2.19. The minimum Gasteiger partial charge on any atom is -0.374 e. The SMILES string of the molecule is CCOCc1nc(NN)cc(N(CC(C)C)C(C)C)n1. The zero-order valence-corrected chi connectivity index (χ0v) is 13.2. The second-order valence-electron chi connectivity index (χ2n) is 5.45. The molecule has 1 heterocycles. The van der Waals surface area contributed by atoms with Gasteiger partial charge >= 0.3 is 0 Å². The number of hydrazine groups is 1. The third-order valence-electron chi connectivity index (χ3n) is 2.82. The van der Waals surface area contributed by atoms with Crippen LogP contribution in [-0.2, 0) is 11.3 Å². The van der Waals surface area contributed by atoms with Crippen LogP contribution in [0.15, 0.2) is 6.07 Å². The number of anilines is 2. The molecule has 1 aromatic heterocycles. The predicted molar refractivity (Wildman–Crippen MR) is 82.5 cm³/mol. The monoisotopic (exact) mass is 281 g/mol. The van der Waals surface area contributed by atoms with Crippen LogP contribution >= 0.6 is 0 Å². The molecule has 114 valence electrons. The molecule has 0 spiro atoms. The first kappa shape index (κ1) is 16.7. The Kier molecular flexibility index (Phi) is 6.67. The number of rotatable bonds is 8. The van der Waals surface area contributed by atoms with E-state index in [0.717, 1.165) is 12.4 Å². The molecule has 0 amide bonds. The fourth-order valence-corrected chi connectivity index (χ4v) is 1.92. The van der Waals surface area contributed by atoms with Gasteiger partial charge in [0.05, 0.1) is 0 Å². The Morgan fingerprint density at radius 3 is 2.50 bits per heavy atom. The largest absolute Gasteiger partial charge is 0.374 e. The highest BCUT2D eigenvalue weighted by atomic mass is 16.5. The molecule has 1 rings (SSSR count). The van der Waals surface area contributed by atoms with Gasteiger partial charge in [-0.05, 0) is 26.7 Å². The van der Waals surface area contributed by atoms with Gasteiger partial charge in [-0.2, -0.15) is 0 Å². The lowest BCUT2D eigenvalue weighted by Crippen LogP contribution is -2.35. The Morgan fingerprint density at radius 2 is 2.00 bits per heavy atom. The topological polar surface area (TPSA) is 76.3 Å². The summed E-state index contributed by atoms with van der Waals surface area (Å²) in [6.45, 7) is 12.6. The lowest BCUT2D eigenvalue weighted by Gasteiger charge is -2.30. The summed E-state index contributed by atoms with van der Waals surface area (Å²) < 4.78 is 5.38. The fraction of sp³-hybridized carbons (Fsp3) is 0.714. The zero-order chi connectivity index (χ0) is 15.1. The molecule has 0 saturated heterocycles. The summed E-state index contributed by atoms with van der Waals surface area (Å²) in [5, 5.41) is 0. The van der Waals surface area contributed by atoms with Crippen molar-refractivity contribution in [1.29, 1.82) is 0 Å². The standard InChI is InChI=1S/C14H27N5O/c1-6-20-9-13-16-12(18-15)7-14(17-13)19(11(4)5)8-10(2)3/h7,10-11H,6,8-9,15H2,1-5H3,(H,16,17,18). The molecule has 0 aliphatic rings. The van der Waals surface area contributed by atoms with E-state index in [9.17, 15) is 0 Å². The third-order valence-corrected chi connectivity index (χ3v) is 2.82. The summed E-state index contributed by atoms with van der Waals surface area (Å²) >= 11 is 0. The molecule has 3 N–H and O–H groups in total. The van der Waals surface area contributed by atoms with Gasteiger partial charge in [0, 0.05) is 25.3 Å². The van der Waals surface area contributed by atoms with Crippen molar-refractivity contribution in [3.8, 4) is 0 Å².